The first-order valence-electron chi connectivity index (χ1n) is 9.19. The van der Waals surface area contributed by atoms with Gasteiger partial charge >= 0.3 is 0 Å². The van der Waals surface area contributed by atoms with E-state index < -0.39 is 10.0 Å². The summed E-state index contributed by atoms with van der Waals surface area (Å²) in [5.74, 6) is -0.147. The third kappa shape index (κ3) is 6.10. The lowest BCUT2D eigenvalue weighted by Crippen LogP contribution is -2.36. The van der Waals surface area contributed by atoms with E-state index in [0.717, 1.165) is 29.5 Å². The molecule has 0 spiro atoms. The Kier molecular flexibility index (Phi) is 7.42. The minimum atomic E-state index is -3.48. The van der Waals surface area contributed by atoms with Crippen molar-refractivity contribution in [1.82, 2.24) is 5.32 Å². The number of nitrogens with zero attached hydrogens (tertiary/aromatic N) is 1. The Labute approximate surface area is 162 Å². The van der Waals surface area contributed by atoms with Crippen molar-refractivity contribution in [1.29, 1.82) is 0 Å². The SMILES string of the molecule is CCc1cccc(C)c1N(CCC(=O)NCCc1ccccc1)S(C)(=O)=O. The zero-order valence-electron chi connectivity index (χ0n) is 16.2. The summed E-state index contributed by atoms with van der Waals surface area (Å²) in [4.78, 5) is 12.2. The lowest BCUT2D eigenvalue weighted by Gasteiger charge is -2.26. The van der Waals surface area contributed by atoms with Crippen molar-refractivity contribution in [3.8, 4) is 0 Å². The van der Waals surface area contributed by atoms with E-state index in [-0.39, 0.29) is 18.9 Å². The van der Waals surface area contributed by atoms with Crippen LogP contribution in [0, 0.1) is 6.92 Å². The van der Waals surface area contributed by atoms with E-state index in [1.54, 1.807) is 0 Å². The molecule has 0 unspecified atom stereocenters. The number of rotatable bonds is 9. The molecule has 0 fully saturated rings. The van der Waals surface area contributed by atoms with Crippen molar-refractivity contribution < 1.29 is 13.2 Å². The first-order chi connectivity index (χ1) is 12.8. The minimum absolute atomic E-state index is 0.124. The molecule has 2 rings (SSSR count). The maximum atomic E-state index is 12.4. The van der Waals surface area contributed by atoms with Crippen LogP contribution in [0.15, 0.2) is 48.5 Å². The van der Waals surface area contributed by atoms with Crippen molar-refractivity contribution in [3.05, 3.63) is 65.2 Å². The molecule has 0 saturated carbocycles. The number of nitrogens with one attached hydrogen (secondary N) is 1. The van der Waals surface area contributed by atoms with Crippen molar-refractivity contribution in [2.24, 2.45) is 0 Å². The van der Waals surface area contributed by atoms with Crippen LogP contribution in [0.3, 0.4) is 0 Å². The van der Waals surface area contributed by atoms with Gasteiger partial charge in [0.1, 0.15) is 0 Å². The van der Waals surface area contributed by atoms with E-state index in [9.17, 15) is 13.2 Å². The molecule has 27 heavy (non-hydrogen) atoms. The quantitative estimate of drug-likeness (QED) is 0.718. The predicted molar refractivity (Wildman–Crippen MR) is 111 cm³/mol. The number of carbonyl (C=O) groups is 1. The molecule has 0 heterocycles. The smallest absolute Gasteiger partial charge is 0.232 e. The van der Waals surface area contributed by atoms with E-state index in [1.165, 1.54) is 10.6 Å². The summed E-state index contributed by atoms with van der Waals surface area (Å²) in [6, 6.07) is 15.7. The molecule has 0 aromatic heterocycles. The fraction of sp³-hybridized carbons (Fsp3) is 0.381. The van der Waals surface area contributed by atoms with E-state index in [2.05, 4.69) is 5.32 Å². The zero-order chi connectivity index (χ0) is 19.9. The summed E-state index contributed by atoms with van der Waals surface area (Å²) >= 11 is 0. The van der Waals surface area contributed by atoms with Crippen molar-refractivity contribution in [2.75, 3.05) is 23.7 Å². The predicted octanol–water partition coefficient (Wildman–Crippen LogP) is 3.07. The number of amides is 1. The van der Waals surface area contributed by atoms with Gasteiger partial charge in [-0.05, 0) is 36.5 Å². The van der Waals surface area contributed by atoms with Crippen molar-refractivity contribution in [2.45, 2.75) is 33.1 Å². The van der Waals surface area contributed by atoms with Gasteiger partial charge in [-0.2, -0.15) is 0 Å². The van der Waals surface area contributed by atoms with Gasteiger partial charge in [0, 0.05) is 19.5 Å². The first kappa shape index (κ1) is 21.0. The molecule has 2 aromatic rings. The number of para-hydroxylation sites is 1. The van der Waals surface area contributed by atoms with Crippen LogP contribution >= 0.6 is 0 Å². The van der Waals surface area contributed by atoms with Crippen LogP contribution < -0.4 is 9.62 Å². The van der Waals surface area contributed by atoms with Gasteiger partial charge < -0.3 is 5.32 Å². The average Bonchev–Trinajstić information content (AvgIpc) is 2.62. The lowest BCUT2D eigenvalue weighted by molar-refractivity contribution is -0.120. The third-order valence-electron chi connectivity index (χ3n) is 4.47. The second-order valence-corrected chi connectivity index (χ2v) is 8.51. The molecule has 0 bridgehead atoms. The monoisotopic (exact) mass is 388 g/mol. The highest BCUT2D eigenvalue weighted by Crippen LogP contribution is 2.28. The molecule has 1 amide bonds. The second-order valence-electron chi connectivity index (χ2n) is 6.61. The molecule has 0 aliphatic rings. The average molecular weight is 389 g/mol. The summed E-state index contributed by atoms with van der Waals surface area (Å²) in [7, 11) is -3.48. The zero-order valence-corrected chi connectivity index (χ0v) is 17.1. The Morgan fingerprint density at radius 3 is 2.41 bits per heavy atom. The molecule has 5 nitrogen and oxygen atoms in total. The molecule has 0 aliphatic carbocycles. The van der Waals surface area contributed by atoms with Crippen molar-refractivity contribution in [3.63, 3.8) is 0 Å². The van der Waals surface area contributed by atoms with E-state index in [4.69, 9.17) is 0 Å². The van der Waals surface area contributed by atoms with Crippen LogP contribution in [0.5, 0.6) is 0 Å². The Hall–Kier alpha value is -2.34. The summed E-state index contributed by atoms with van der Waals surface area (Å²) < 4.78 is 26.1. The Morgan fingerprint density at radius 2 is 1.78 bits per heavy atom. The number of hydrogen-bond acceptors (Lipinski definition) is 3. The maximum absolute atomic E-state index is 12.4. The normalized spacial score (nSPS) is 11.2. The number of anilines is 1. The Bertz CT molecular complexity index is 864. The molecule has 0 aliphatic heterocycles. The number of hydrogen-bond donors (Lipinski definition) is 1. The van der Waals surface area contributed by atoms with Crippen LogP contribution in [0.4, 0.5) is 5.69 Å². The molecular weight excluding hydrogens is 360 g/mol. The molecule has 146 valence electrons. The molecule has 0 atom stereocenters. The number of sulfonamides is 1. The number of benzene rings is 2. The maximum Gasteiger partial charge on any atom is 0.232 e. The summed E-state index contributed by atoms with van der Waals surface area (Å²) in [6.07, 6.45) is 2.79. The Balaban J connectivity index is 2.00. The van der Waals surface area contributed by atoms with Crippen molar-refractivity contribution >= 4 is 21.6 Å². The molecule has 0 radical (unpaired) electrons. The molecule has 1 N–H and O–H groups in total. The second kappa shape index (κ2) is 9.55. The highest BCUT2D eigenvalue weighted by atomic mass is 32.2. The van der Waals surface area contributed by atoms with Gasteiger partial charge in [-0.25, -0.2) is 8.42 Å². The van der Waals surface area contributed by atoms with Crippen LogP contribution in [0.2, 0.25) is 0 Å². The highest BCUT2D eigenvalue weighted by molar-refractivity contribution is 7.92. The first-order valence-corrected chi connectivity index (χ1v) is 11.0. The van der Waals surface area contributed by atoms with Gasteiger partial charge in [-0.15, -0.1) is 0 Å². The van der Waals surface area contributed by atoms with Gasteiger partial charge in [0.15, 0.2) is 0 Å². The van der Waals surface area contributed by atoms with Gasteiger partial charge in [-0.3, -0.25) is 9.10 Å². The lowest BCUT2D eigenvalue weighted by atomic mass is 10.1. The molecule has 2 aromatic carbocycles. The van der Waals surface area contributed by atoms with Gasteiger partial charge in [0.25, 0.3) is 0 Å². The molecule has 0 saturated heterocycles. The number of aryl methyl sites for hydroxylation is 2. The minimum Gasteiger partial charge on any atom is -0.356 e. The van der Waals surface area contributed by atoms with E-state index >= 15 is 0 Å². The van der Waals surface area contributed by atoms with E-state index in [1.807, 2.05) is 62.4 Å². The highest BCUT2D eigenvalue weighted by Gasteiger charge is 2.22. The standard InChI is InChI=1S/C21H28N2O3S/c1-4-19-12-8-9-17(2)21(19)23(27(3,25)26)16-14-20(24)22-15-13-18-10-6-5-7-11-18/h5-12H,4,13-16H2,1-3H3,(H,22,24). The largest absolute Gasteiger partial charge is 0.356 e. The fourth-order valence-corrected chi connectivity index (χ4v) is 4.10. The molecular formula is C21H28N2O3S. The third-order valence-corrected chi connectivity index (χ3v) is 5.64. The molecule has 6 heteroatoms. The summed E-state index contributed by atoms with van der Waals surface area (Å²) in [6.45, 7) is 4.56. The summed E-state index contributed by atoms with van der Waals surface area (Å²) in [5, 5.41) is 2.87. The Morgan fingerprint density at radius 1 is 1.07 bits per heavy atom. The summed E-state index contributed by atoms with van der Waals surface area (Å²) in [5.41, 5.74) is 3.71. The van der Waals surface area contributed by atoms with Gasteiger partial charge in [0.05, 0.1) is 11.9 Å². The van der Waals surface area contributed by atoms with Crippen LogP contribution in [0.1, 0.15) is 30.0 Å². The van der Waals surface area contributed by atoms with E-state index in [0.29, 0.717) is 12.2 Å². The van der Waals surface area contributed by atoms with Crippen LogP contribution in [0.25, 0.3) is 0 Å². The fourth-order valence-electron chi connectivity index (χ4n) is 3.09. The van der Waals surface area contributed by atoms with Gasteiger partial charge in [-0.1, -0.05) is 55.5 Å². The van der Waals surface area contributed by atoms with Gasteiger partial charge in [0.2, 0.25) is 15.9 Å². The number of carbonyl (C=O) groups excluding carboxylic acids is 1. The van der Waals surface area contributed by atoms with Crippen LogP contribution in [-0.2, 0) is 27.7 Å². The van der Waals surface area contributed by atoms with Crippen LogP contribution in [-0.4, -0.2) is 33.7 Å². The topological polar surface area (TPSA) is 66.5 Å².